The topological polar surface area (TPSA) is 29.5 Å². The van der Waals surface area contributed by atoms with E-state index in [1.54, 1.807) is 0 Å². The van der Waals surface area contributed by atoms with Crippen molar-refractivity contribution in [1.29, 1.82) is 0 Å². The monoisotopic (exact) mass is 292 g/mol. The molecule has 0 aromatic rings. The molecule has 21 heavy (non-hydrogen) atoms. The summed E-state index contributed by atoms with van der Waals surface area (Å²) >= 11 is 0. The molecule has 2 aliphatic carbocycles. The fraction of sp³-hybridized carbons (Fsp3) is 0.895. The van der Waals surface area contributed by atoms with Gasteiger partial charge in [0.15, 0.2) is 0 Å². The predicted octanol–water partition coefficient (Wildman–Crippen LogP) is 4.47. The summed E-state index contributed by atoms with van der Waals surface area (Å²) < 4.78 is 6.60. The zero-order chi connectivity index (χ0) is 15.5. The Morgan fingerprint density at radius 1 is 1.00 bits per heavy atom. The van der Waals surface area contributed by atoms with Crippen LogP contribution in [0.4, 0.5) is 0 Å². The summed E-state index contributed by atoms with van der Waals surface area (Å²) in [7, 11) is 0. The van der Waals surface area contributed by atoms with Gasteiger partial charge in [0, 0.05) is 0 Å². The van der Waals surface area contributed by atoms with Crippen molar-refractivity contribution in [3.8, 4) is 0 Å². The molecule has 1 heterocycles. The van der Waals surface area contributed by atoms with Crippen LogP contribution >= 0.6 is 0 Å². The molecule has 1 aliphatic heterocycles. The highest BCUT2D eigenvalue weighted by Crippen LogP contribution is 2.63. The fourth-order valence-corrected chi connectivity index (χ4v) is 6.16. The third kappa shape index (κ3) is 2.21. The van der Waals surface area contributed by atoms with Gasteiger partial charge < -0.3 is 9.84 Å². The third-order valence-corrected chi connectivity index (χ3v) is 7.24. The average molecular weight is 292 g/mol. The Morgan fingerprint density at radius 2 is 1.67 bits per heavy atom. The molecule has 120 valence electrons. The molecule has 2 saturated carbocycles. The van der Waals surface area contributed by atoms with Crippen LogP contribution in [0.5, 0.6) is 0 Å². The van der Waals surface area contributed by atoms with Gasteiger partial charge in [0.05, 0.1) is 16.8 Å². The van der Waals surface area contributed by atoms with Gasteiger partial charge in [-0.25, -0.2) is 0 Å². The number of fused-ring (bicyclic) bond motifs is 3. The summed E-state index contributed by atoms with van der Waals surface area (Å²) in [5.41, 5.74) is -0.504. The smallest absolute Gasteiger partial charge is 0.0839 e. The molecule has 0 unspecified atom stereocenters. The SMILES string of the molecule is C=C[C@@]1(C)CC[C@@H]2[C@@]3(C)CCC[C@](C)(O)[C@@H]3CC[C@@]2(C)O1. The maximum atomic E-state index is 10.9. The highest BCUT2D eigenvalue weighted by Gasteiger charge is 2.61. The predicted molar refractivity (Wildman–Crippen MR) is 86.1 cm³/mol. The molecule has 1 N–H and O–H groups in total. The number of hydrogen-bond acceptors (Lipinski definition) is 2. The average Bonchev–Trinajstić information content (AvgIpc) is 2.36. The van der Waals surface area contributed by atoms with Crippen LogP contribution in [0.2, 0.25) is 0 Å². The van der Waals surface area contributed by atoms with E-state index in [9.17, 15) is 5.11 Å². The Balaban J connectivity index is 1.94. The Hall–Kier alpha value is -0.340. The minimum Gasteiger partial charge on any atom is -0.390 e. The van der Waals surface area contributed by atoms with Gasteiger partial charge in [-0.2, -0.15) is 0 Å². The minimum atomic E-state index is -0.493. The summed E-state index contributed by atoms with van der Waals surface area (Å²) in [4.78, 5) is 0. The summed E-state index contributed by atoms with van der Waals surface area (Å²) in [6.07, 6.45) is 9.74. The molecule has 0 amide bonds. The lowest BCUT2D eigenvalue weighted by Crippen LogP contribution is -2.64. The maximum absolute atomic E-state index is 10.9. The Kier molecular flexibility index (Phi) is 3.39. The second-order valence-corrected chi connectivity index (χ2v) is 8.83. The first-order chi connectivity index (χ1) is 9.65. The molecule has 0 radical (unpaired) electrons. The summed E-state index contributed by atoms with van der Waals surface area (Å²) in [6, 6.07) is 0. The van der Waals surface area contributed by atoms with Crippen molar-refractivity contribution < 1.29 is 9.84 Å². The standard InChI is InChI=1S/C19H32O2/c1-6-16(2)12-8-15-17(3)10-7-11-18(4,20)14(17)9-13-19(15,5)21-16/h6,14-15,20H,1,7-13H2,2-5H3/t14-,15-,16+,17+,18+,19-/m1/s1. The number of ether oxygens (including phenoxy) is 1. The highest BCUT2D eigenvalue weighted by molar-refractivity contribution is 5.13. The first kappa shape index (κ1) is 15.6. The lowest BCUT2D eigenvalue weighted by atomic mass is 9.46. The molecule has 2 heteroatoms. The summed E-state index contributed by atoms with van der Waals surface area (Å²) in [5, 5.41) is 10.9. The van der Waals surface area contributed by atoms with Gasteiger partial charge in [-0.1, -0.05) is 19.4 Å². The molecule has 3 aliphatic rings. The largest absolute Gasteiger partial charge is 0.390 e. The molecule has 3 fully saturated rings. The van der Waals surface area contributed by atoms with Crippen LogP contribution in [0.3, 0.4) is 0 Å². The van der Waals surface area contributed by atoms with E-state index in [0.29, 0.717) is 11.8 Å². The van der Waals surface area contributed by atoms with Gasteiger partial charge >= 0.3 is 0 Å². The molecule has 0 spiro atoms. The van der Waals surface area contributed by atoms with Gasteiger partial charge in [0.25, 0.3) is 0 Å². The molecular formula is C19H32O2. The highest BCUT2D eigenvalue weighted by atomic mass is 16.5. The third-order valence-electron chi connectivity index (χ3n) is 7.24. The van der Waals surface area contributed by atoms with Crippen LogP contribution in [0, 0.1) is 17.3 Å². The van der Waals surface area contributed by atoms with Crippen molar-refractivity contribution >= 4 is 0 Å². The van der Waals surface area contributed by atoms with Gasteiger partial charge in [0.2, 0.25) is 0 Å². The van der Waals surface area contributed by atoms with Gasteiger partial charge in [-0.3, -0.25) is 0 Å². The normalized spacial score (nSPS) is 57.2. The van der Waals surface area contributed by atoms with Crippen molar-refractivity contribution in [1.82, 2.24) is 0 Å². The van der Waals surface area contributed by atoms with Crippen LogP contribution in [0.1, 0.15) is 72.6 Å². The van der Waals surface area contributed by atoms with Gasteiger partial charge in [-0.15, -0.1) is 6.58 Å². The number of rotatable bonds is 1. The molecule has 0 aromatic heterocycles. The molecule has 2 nitrogen and oxygen atoms in total. The lowest BCUT2D eigenvalue weighted by molar-refractivity contribution is -0.261. The van der Waals surface area contributed by atoms with E-state index in [1.807, 2.05) is 6.08 Å². The molecule has 6 atom stereocenters. The maximum Gasteiger partial charge on any atom is 0.0839 e. The van der Waals surface area contributed by atoms with E-state index >= 15 is 0 Å². The second kappa shape index (κ2) is 4.58. The minimum absolute atomic E-state index is 0.0557. The molecule has 3 rings (SSSR count). The van der Waals surface area contributed by atoms with Crippen molar-refractivity contribution in [2.24, 2.45) is 17.3 Å². The van der Waals surface area contributed by atoms with E-state index in [-0.39, 0.29) is 16.6 Å². The molecule has 0 aromatic carbocycles. The van der Waals surface area contributed by atoms with Crippen LogP contribution in [0.25, 0.3) is 0 Å². The van der Waals surface area contributed by atoms with Crippen LogP contribution in [-0.2, 0) is 4.74 Å². The molecular weight excluding hydrogens is 260 g/mol. The number of hydrogen-bond donors (Lipinski definition) is 1. The van der Waals surface area contributed by atoms with Crippen molar-refractivity contribution in [2.75, 3.05) is 0 Å². The zero-order valence-electron chi connectivity index (χ0n) is 14.2. The Bertz CT molecular complexity index is 443. The van der Waals surface area contributed by atoms with Gasteiger partial charge in [-0.05, 0) is 76.5 Å². The summed E-state index contributed by atoms with van der Waals surface area (Å²) in [5.74, 6) is 0.983. The van der Waals surface area contributed by atoms with E-state index in [4.69, 9.17) is 4.74 Å². The van der Waals surface area contributed by atoms with E-state index < -0.39 is 5.60 Å². The van der Waals surface area contributed by atoms with E-state index in [1.165, 1.54) is 12.8 Å². The second-order valence-electron chi connectivity index (χ2n) is 8.83. The molecule has 1 saturated heterocycles. The van der Waals surface area contributed by atoms with E-state index in [0.717, 1.165) is 32.1 Å². The van der Waals surface area contributed by atoms with Crippen LogP contribution in [0.15, 0.2) is 12.7 Å². The quantitative estimate of drug-likeness (QED) is 0.723. The molecule has 0 bridgehead atoms. The Labute approximate surface area is 130 Å². The Morgan fingerprint density at radius 3 is 2.33 bits per heavy atom. The summed E-state index contributed by atoms with van der Waals surface area (Å²) in [6.45, 7) is 13.0. The van der Waals surface area contributed by atoms with Gasteiger partial charge in [0.1, 0.15) is 0 Å². The van der Waals surface area contributed by atoms with E-state index in [2.05, 4.69) is 34.3 Å². The van der Waals surface area contributed by atoms with Crippen molar-refractivity contribution in [3.05, 3.63) is 12.7 Å². The first-order valence-electron chi connectivity index (χ1n) is 8.71. The fourth-order valence-electron chi connectivity index (χ4n) is 6.16. The lowest BCUT2D eigenvalue weighted by Gasteiger charge is -2.64. The zero-order valence-corrected chi connectivity index (χ0v) is 14.2. The van der Waals surface area contributed by atoms with Crippen LogP contribution < -0.4 is 0 Å². The van der Waals surface area contributed by atoms with Crippen molar-refractivity contribution in [2.45, 2.75) is 89.4 Å². The first-order valence-corrected chi connectivity index (χ1v) is 8.71. The van der Waals surface area contributed by atoms with Crippen molar-refractivity contribution in [3.63, 3.8) is 0 Å². The van der Waals surface area contributed by atoms with Crippen LogP contribution in [-0.4, -0.2) is 21.9 Å². The number of aliphatic hydroxyl groups is 1.